The molecule has 124 valence electrons. The van der Waals surface area contributed by atoms with Crippen LogP contribution in [0.25, 0.3) is 0 Å². The van der Waals surface area contributed by atoms with Crippen LogP contribution in [0.2, 0.25) is 0 Å². The second-order valence-electron chi connectivity index (χ2n) is 5.97. The van der Waals surface area contributed by atoms with E-state index in [0.717, 1.165) is 5.56 Å². The summed E-state index contributed by atoms with van der Waals surface area (Å²) >= 11 is 0. The number of hydrogen-bond acceptors (Lipinski definition) is 2. The van der Waals surface area contributed by atoms with Gasteiger partial charge in [0.15, 0.2) is 0 Å². The second kappa shape index (κ2) is 6.83. The van der Waals surface area contributed by atoms with Crippen molar-refractivity contribution in [1.82, 2.24) is 10.6 Å². The van der Waals surface area contributed by atoms with Crippen LogP contribution in [0.3, 0.4) is 0 Å². The van der Waals surface area contributed by atoms with Crippen LogP contribution in [0.15, 0.2) is 48.5 Å². The first kappa shape index (κ1) is 16.2. The van der Waals surface area contributed by atoms with E-state index in [9.17, 15) is 14.0 Å². The Morgan fingerprint density at radius 1 is 1.17 bits per heavy atom. The number of halogens is 1. The van der Waals surface area contributed by atoms with Gasteiger partial charge in [0.25, 0.3) is 5.91 Å². The van der Waals surface area contributed by atoms with Crippen molar-refractivity contribution in [3.63, 3.8) is 0 Å². The lowest BCUT2D eigenvalue weighted by Crippen LogP contribution is -2.25. The van der Waals surface area contributed by atoms with E-state index in [1.165, 1.54) is 6.07 Å². The van der Waals surface area contributed by atoms with Gasteiger partial charge in [0.05, 0.1) is 0 Å². The van der Waals surface area contributed by atoms with Gasteiger partial charge < -0.3 is 10.6 Å². The molecule has 2 amide bonds. The normalized spacial score (nSPS) is 18.8. The van der Waals surface area contributed by atoms with Gasteiger partial charge in [-0.05, 0) is 41.7 Å². The third-order valence-corrected chi connectivity index (χ3v) is 4.31. The molecule has 1 fully saturated rings. The molecule has 3 rings (SSSR count). The molecule has 5 heteroatoms. The van der Waals surface area contributed by atoms with Gasteiger partial charge in [-0.15, -0.1) is 0 Å². The highest BCUT2D eigenvalue weighted by atomic mass is 19.1. The van der Waals surface area contributed by atoms with E-state index in [-0.39, 0.29) is 29.5 Å². The Morgan fingerprint density at radius 2 is 1.96 bits per heavy atom. The number of benzene rings is 2. The van der Waals surface area contributed by atoms with Crippen molar-refractivity contribution in [3.8, 4) is 0 Å². The first-order valence-corrected chi connectivity index (χ1v) is 7.93. The molecule has 2 atom stereocenters. The zero-order valence-corrected chi connectivity index (χ0v) is 13.4. The molecule has 1 aliphatic carbocycles. The standard InChI is InChI=1S/C19H19FN2O2/c1-21-18(23)13-6-4-5-12(9-13)11-22-19(24)16-10-15(16)14-7-2-3-8-17(14)20/h2-9,15-16H,10-11H2,1H3,(H,21,23)(H,22,24). The van der Waals surface area contributed by atoms with Gasteiger partial charge in [-0.1, -0.05) is 30.3 Å². The lowest BCUT2D eigenvalue weighted by atomic mass is 10.1. The van der Waals surface area contributed by atoms with Crippen molar-refractivity contribution < 1.29 is 14.0 Å². The summed E-state index contributed by atoms with van der Waals surface area (Å²) in [5.41, 5.74) is 2.02. The van der Waals surface area contributed by atoms with Gasteiger partial charge in [0.1, 0.15) is 5.82 Å². The van der Waals surface area contributed by atoms with Crippen LogP contribution in [0.4, 0.5) is 4.39 Å². The minimum atomic E-state index is -0.254. The summed E-state index contributed by atoms with van der Waals surface area (Å²) in [7, 11) is 1.58. The van der Waals surface area contributed by atoms with Gasteiger partial charge in [0.2, 0.25) is 5.91 Å². The SMILES string of the molecule is CNC(=O)c1cccc(CNC(=O)C2CC2c2ccccc2F)c1. The molecule has 0 heterocycles. The Labute approximate surface area is 140 Å². The number of nitrogens with one attached hydrogen (secondary N) is 2. The van der Waals surface area contributed by atoms with Crippen LogP contribution >= 0.6 is 0 Å². The summed E-state index contributed by atoms with van der Waals surface area (Å²) in [4.78, 5) is 23.9. The maximum atomic E-state index is 13.8. The van der Waals surface area contributed by atoms with Crippen molar-refractivity contribution in [2.45, 2.75) is 18.9 Å². The number of amides is 2. The third kappa shape index (κ3) is 3.45. The topological polar surface area (TPSA) is 58.2 Å². The molecule has 0 spiro atoms. The maximum absolute atomic E-state index is 13.8. The quantitative estimate of drug-likeness (QED) is 0.887. The first-order chi connectivity index (χ1) is 11.6. The Morgan fingerprint density at radius 3 is 2.71 bits per heavy atom. The molecular weight excluding hydrogens is 307 g/mol. The fourth-order valence-electron chi connectivity index (χ4n) is 2.89. The van der Waals surface area contributed by atoms with Gasteiger partial charge >= 0.3 is 0 Å². The Kier molecular flexibility index (Phi) is 4.60. The van der Waals surface area contributed by atoms with Crippen LogP contribution in [-0.2, 0) is 11.3 Å². The van der Waals surface area contributed by atoms with Gasteiger partial charge in [-0.3, -0.25) is 9.59 Å². The second-order valence-corrected chi connectivity index (χ2v) is 5.97. The summed E-state index contributed by atoms with van der Waals surface area (Å²) in [6.45, 7) is 0.351. The zero-order chi connectivity index (χ0) is 17.1. The van der Waals surface area contributed by atoms with Crippen LogP contribution in [0.1, 0.15) is 33.8 Å². The molecule has 2 N–H and O–H groups in total. The fourth-order valence-corrected chi connectivity index (χ4v) is 2.89. The maximum Gasteiger partial charge on any atom is 0.251 e. The van der Waals surface area contributed by atoms with E-state index in [4.69, 9.17) is 0 Å². The van der Waals surface area contributed by atoms with E-state index >= 15 is 0 Å². The predicted molar refractivity (Wildman–Crippen MR) is 88.9 cm³/mol. The molecule has 1 saturated carbocycles. The van der Waals surface area contributed by atoms with Crippen molar-refractivity contribution >= 4 is 11.8 Å². The summed E-state index contributed by atoms with van der Waals surface area (Å²) in [5.74, 6) is -0.706. The smallest absolute Gasteiger partial charge is 0.251 e. The highest BCUT2D eigenvalue weighted by Gasteiger charge is 2.44. The molecular formula is C19H19FN2O2. The molecule has 0 saturated heterocycles. The van der Waals surface area contributed by atoms with Crippen LogP contribution in [-0.4, -0.2) is 18.9 Å². The number of carbonyl (C=O) groups excluding carboxylic acids is 2. The fraction of sp³-hybridized carbons (Fsp3) is 0.263. The average molecular weight is 326 g/mol. The van der Waals surface area contributed by atoms with Gasteiger partial charge in [-0.2, -0.15) is 0 Å². The van der Waals surface area contributed by atoms with E-state index in [1.807, 2.05) is 6.07 Å². The summed E-state index contributed by atoms with van der Waals surface area (Å²) in [6.07, 6.45) is 0.672. The molecule has 0 aliphatic heterocycles. The van der Waals surface area contributed by atoms with Gasteiger partial charge in [-0.25, -0.2) is 4.39 Å². The summed E-state index contributed by atoms with van der Waals surface area (Å²) in [6, 6.07) is 13.7. The summed E-state index contributed by atoms with van der Waals surface area (Å²) < 4.78 is 13.8. The largest absolute Gasteiger partial charge is 0.355 e. The Balaban J connectivity index is 1.58. The van der Waals surface area contributed by atoms with E-state index in [1.54, 1.807) is 43.4 Å². The third-order valence-electron chi connectivity index (χ3n) is 4.31. The van der Waals surface area contributed by atoms with Crippen LogP contribution in [0.5, 0.6) is 0 Å². The van der Waals surface area contributed by atoms with Crippen molar-refractivity contribution in [2.24, 2.45) is 5.92 Å². The number of hydrogen-bond donors (Lipinski definition) is 2. The van der Waals surface area contributed by atoms with Crippen molar-refractivity contribution in [1.29, 1.82) is 0 Å². The van der Waals surface area contributed by atoms with E-state index in [0.29, 0.717) is 24.1 Å². The highest BCUT2D eigenvalue weighted by Crippen LogP contribution is 2.48. The summed E-state index contributed by atoms with van der Waals surface area (Å²) in [5, 5.41) is 5.44. The predicted octanol–water partition coefficient (Wildman–Crippen LogP) is 2.61. The molecule has 2 aromatic carbocycles. The lowest BCUT2D eigenvalue weighted by Gasteiger charge is -2.07. The Hall–Kier alpha value is -2.69. The lowest BCUT2D eigenvalue weighted by molar-refractivity contribution is -0.122. The molecule has 2 unspecified atom stereocenters. The molecule has 0 radical (unpaired) electrons. The monoisotopic (exact) mass is 326 g/mol. The Bertz CT molecular complexity index is 775. The first-order valence-electron chi connectivity index (χ1n) is 7.93. The van der Waals surface area contributed by atoms with E-state index < -0.39 is 0 Å². The minimum absolute atomic E-state index is 0.0385. The van der Waals surface area contributed by atoms with Gasteiger partial charge in [0, 0.05) is 25.1 Å². The van der Waals surface area contributed by atoms with Crippen molar-refractivity contribution in [2.75, 3.05) is 7.05 Å². The molecule has 4 nitrogen and oxygen atoms in total. The van der Waals surface area contributed by atoms with E-state index in [2.05, 4.69) is 10.6 Å². The number of carbonyl (C=O) groups is 2. The molecule has 1 aliphatic rings. The highest BCUT2D eigenvalue weighted by molar-refractivity contribution is 5.94. The molecule has 0 aromatic heterocycles. The molecule has 2 aromatic rings. The molecule has 0 bridgehead atoms. The zero-order valence-electron chi connectivity index (χ0n) is 13.4. The number of rotatable bonds is 5. The van der Waals surface area contributed by atoms with Crippen molar-refractivity contribution in [3.05, 3.63) is 71.0 Å². The van der Waals surface area contributed by atoms with Crippen LogP contribution < -0.4 is 10.6 Å². The molecule has 24 heavy (non-hydrogen) atoms. The minimum Gasteiger partial charge on any atom is -0.355 e. The average Bonchev–Trinajstić information content (AvgIpc) is 3.40. The van der Waals surface area contributed by atoms with Crippen LogP contribution in [0, 0.1) is 11.7 Å².